The third-order valence-electron chi connectivity index (χ3n) is 2.52. The first-order chi connectivity index (χ1) is 8.60. The molecular weight excluding hydrogens is 232 g/mol. The van der Waals surface area contributed by atoms with Crippen molar-refractivity contribution < 1.29 is 9.59 Å². The molecule has 0 saturated carbocycles. The van der Waals surface area contributed by atoms with E-state index in [9.17, 15) is 9.59 Å². The fourth-order valence-corrected chi connectivity index (χ4v) is 1.53. The van der Waals surface area contributed by atoms with Gasteiger partial charge in [0.15, 0.2) is 0 Å². The van der Waals surface area contributed by atoms with E-state index in [4.69, 9.17) is 5.26 Å². The van der Waals surface area contributed by atoms with Gasteiger partial charge in [-0.05, 0) is 24.6 Å². The molecule has 1 aromatic carbocycles. The number of nitriles is 1. The van der Waals surface area contributed by atoms with Crippen LogP contribution in [0.3, 0.4) is 0 Å². The summed E-state index contributed by atoms with van der Waals surface area (Å²) in [6, 6.07) is 8.75. The van der Waals surface area contributed by atoms with E-state index in [1.807, 2.05) is 13.0 Å². The first-order valence-corrected chi connectivity index (χ1v) is 5.30. The molecule has 1 aliphatic heterocycles. The molecule has 90 valence electrons. The summed E-state index contributed by atoms with van der Waals surface area (Å²) in [5.74, 6) is -1.26. The first kappa shape index (κ1) is 11.8. The van der Waals surface area contributed by atoms with Gasteiger partial charge in [-0.2, -0.15) is 5.26 Å². The summed E-state index contributed by atoms with van der Waals surface area (Å²) >= 11 is 0. The van der Waals surface area contributed by atoms with Crippen LogP contribution in [0.1, 0.15) is 24.1 Å². The highest BCUT2D eigenvalue weighted by Crippen LogP contribution is 2.17. The van der Waals surface area contributed by atoms with Crippen molar-refractivity contribution in [2.75, 3.05) is 0 Å². The summed E-state index contributed by atoms with van der Waals surface area (Å²) in [4.78, 5) is 26.1. The number of hydrogen-bond acceptors (Lipinski definition) is 4. The molecule has 6 heteroatoms. The minimum absolute atomic E-state index is 0.154. The molecule has 0 spiro atoms. The molecule has 0 aliphatic carbocycles. The van der Waals surface area contributed by atoms with E-state index in [1.54, 1.807) is 24.3 Å². The average molecular weight is 242 g/mol. The number of nitrogens with one attached hydrogen (secondary N) is 2. The van der Waals surface area contributed by atoms with Gasteiger partial charge in [0.25, 0.3) is 0 Å². The van der Waals surface area contributed by atoms with E-state index in [0.717, 1.165) is 5.56 Å². The number of hydrogen-bond donors (Lipinski definition) is 2. The molecule has 6 nitrogen and oxygen atoms in total. The van der Waals surface area contributed by atoms with Crippen molar-refractivity contribution in [3.63, 3.8) is 0 Å². The Morgan fingerprint density at radius 2 is 1.72 bits per heavy atom. The maximum atomic E-state index is 10.9. The van der Waals surface area contributed by atoms with E-state index in [-0.39, 0.29) is 12.0 Å². The lowest BCUT2D eigenvalue weighted by molar-refractivity contribution is -0.135. The van der Waals surface area contributed by atoms with Crippen molar-refractivity contribution >= 4 is 17.8 Å². The third kappa shape index (κ3) is 2.35. The number of amides is 2. The van der Waals surface area contributed by atoms with Gasteiger partial charge in [0.1, 0.15) is 0 Å². The van der Waals surface area contributed by atoms with Crippen LogP contribution in [0.2, 0.25) is 0 Å². The summed E-state index contributed by atoms with van der Waals surface area (Å²) in [6.45, 7) is 1.82. The zero-order valence-corrected chi connectivity index (χ0v) is 9.60. The van der Waals surface area contributed by atoms with E-state index in [1.165, 1.54) is 0 Å². The largest absolute Gasteiger partial charge is 0.316 e. The Morgan fingerprint density at radius 1 is 1.17 bits per heavy atom. The second-order valence-corrected chi connectivity index (χ2v) is 3.80. The highest BCUT2D eigenvalue weighted by Gasteiger charge is 2.25. The van der Waals surface area contributed by atoms with Gasteiger partial charge >= 0.3 is 11.8 Å². The van der Waals surface area contributed by atoms with Crippen LogP contribution in [-0.2, 0) is 9.59 Å². The van der Waals surface area contributed by atoms with Crippen molar-refractivity contribution in [2.45, 2.75) is 13.0 Å². The lowest BCUT2D eigenvalue weighted by Crippen LogP contribution is -2.26. The Labute approximate surface area is 103 Å². The van der Waals surface area contributed by atoms with Crippen LogP contribution in [0.5, 0.6) is 0 Å². The zero-order valence-electron chi connectivity index (χ0n) is 9.60. The molecule has 0 radical (unpaired) electrons. The Morgan fingerprint density at radius 3 is 2.22 bits per heavy atom. The maximum Gasteiger partial charge on any atom is 0.316 e. The van der Waals surface area contributed by atoms with Crippen LogP contribution in [0, 0.1) is 11.3 Å². The number of rotatable bonds is 2. The lowest BCUT2D eigenvalue weighted by atomic mass is 10.1. The Hall–Kier alpha value is -2.68. The molecule has 2 amide bonds. The van der Waals surface area contributed by atoms with Crippen molar-refractivity contribution in [1.29, 1.82) is 5.26 Å². The van der Waals surface area contributed by atoms with Crippen molar-refractivity contribution in [3.05, 3.63) is 35.4 Å². The summed E-state index contributed by atoms with van der Waals surface area (Å²) in [5, 5.41) is 13.3. The van der Waals surface area contributed by atoms with E-state index < -0.39 is 11.8 Å². The second kappa shape index (κ2) is 4.67. The minimum atomic E-state index is -0.708. The highest BCUT2D eigenvalue weighted by molar-refractivity contribution is 6.45. The molecule has 1 heterocycles. The molecule has 1 saturated heterocycles. The van der Waals surface area contributed by atoms with Crippen LogP contribution in [0.15, 0.2) is 29.3 Å². The average Bonchev–Trinajstić information content (AvgIpc) is 2.68. The molecule has 1 atom stereocenters. The Bertz CT molecular complexity index is 551. The molecule has 18 heavy (non-hydrogen) atoms. The summed E-state index contributed by atoms with van der Waals surface area (Å²) < 4.78 is 0. The fourth-order valence-electron chi connectivity index (χ4n) is 1.53. The van der Waals surface area contributed by atoms with Crippen molar-refractivity contribution in [1.82, 2.24) is 10.6 Å². The third-order valence-corrected chi connectivity index (χ3v) is 2.52. The molecular formula is C12H10N4O2. The minimum Gasteiger partial charge on any atom is -0.288 e. The Kier molecular flexibility index (Phi) is 3.06. The van der Waals surface area contributed by atoms with Gasteiger partial charge < -0.3 is 0 Å². The standard InChI is InChI=1S/C12H10N4O2/c1-7(9-4-2-8(6-13)3-5-9)14-12-15-10(17)11(18)16-12/h2-5,7H,1H3,(H2,14,15,16,17,18). The van der Waals surface area contributed by atoms with Gasteiger partial charge in [-0.25, -0.2) is 4.99 Å². The quantitative estimate of drug-likeness (QED) is 0.726. The topological polar surface area (TPSA) is 94.3 Å². The van der Waals surface area contributed by atoms with Crippen molar-refractivity contribution in [2.24, 2.45) is 4.99 Å². The van der Waals surface area contributed by atoms with Gasteiger partial charge in [-0.15, -0.1) is 0 Å². The fraction of sp³-hybridized carbons (Fsp3) is 0.167. The van der Waals surface area contributed by atoms with Crippen molar-refractivity contribution in [3.8, 4) is 6.07 Å². The predicted molar refractivity (Wildman–Crippen MR) is 63.3 cm³/mol. The monoisotopic (exact) mass is 242 g/mol. The number of guanidine groups is 1. The van der Waals surface area contributed by atoms with Crippen LogP contribution < -0.4 is 10.6 Å². The molecule has 2 rings (SSSR count). The van der Waals surface area contributed by atoms with Gasteiger partial charge in [0, 0.05) is 0 Å². The predicted octanol–water partition coefficient (Wildman–Crippen LogP) is 0.221. The lowest BCUT2D eigenvalue weighted by Gasteiger charge is -2.07. The Balaban J connectivity index is 2.14. The van der Waals surface area contributed by atoms with Crippen LogP contribution >= 0.6 is 0 Å². The normalized spacial score (nSPS) is 15.7. The van der Waals surface area contributed by atoms with Gasteiger partial charge in [-0.3, -0.25) is 20.2 Å². The van der Waals surface area contributed by atoms with Gasteiger partial charge in [-0.1, -0.05) is 12.1 Å². The highest BCUT2D eigenvalue weighted by atomic mass is 16.2. The number of carbonyl (C=O) groups is 2. The second-order valence-electron chi connectivity index (χ2n) is 3.80. The number of carbonyl (C=O) groups excluding carboxylic acids is 2. The molecule has 0 bridgehead atoms. The molecule has 2 N–H and O–H groups in total. The summed E-state index contributed by atoms with van der Waals surface area (Å²) in [7, 11) is 0. The molecule has 1 aliphatic rings. The van der Waals surface area contributed by atoms with E-state index in [2.05, 4.69) is 15.6 Å². The first-order valence-electron chi connectivity index (χ1n) is 5.30. The SMILES string of the molecule is CC(N=C1NC(=O)C(=O)N1)c1ccc(C#N)cc1. The van der Waals surface area contributed by atoms with E-state index in [0.29, 0.717) is 5.56 Å². The molecule has 0 aromatic heterocycles. The summed E-state index contributed by atoms with van der Waals surface area (Å²) in [6.07, 6.45) is 0. The number of benzene rings is 1. The molecule has 1 fully saturated rings. The maximum absolute atomic E-state index is 10.9. The van der Waals surface area contributed by atoms with Crippen LogP contribution in [0.4, 0.5) is 0 Å². The van der Waals surface area contributed by atoms with E-state index >= 15 is 0 Å². The van der Waals surface area contributed by atoms with Crippen LogP contribution in [0.25, 0.3) is 0 Å². The molecule has 1 aromatic rings. The smallest absolute Gasteiger partial charge is 0.288 e. The zero-order chi connectivity index (χ0) is 13.1. The van der Waals surface area contributed by atoms with Gasteiger partial charge in [0.2, 0.25) is 5.96 Å². The summed E-state index contributed by atoms with van der Waals surface area (Å²) in [5.41, 5.74) is 1.46. The number of aliphatic imine (C=N–C) groups is 1. The molecule has 1 unspecified atom stereocenters. The number of nitrogens with zero attached hydrogens (tertiary/aromatic N) is 2. The van der Waals surface area contributed by atoms with Gasteiger partial charge in [0.05, 0.1) is 17.7 Å². The van der Waals surface area contributed by atoms with Crippen LogP contribution in [-0.4, -0.2) is 17.8 Å².